The van der Waals surface area contributed by atoms with Crippen molar-refractivity contribution < 1.29 is 4.74 Å². The van der Waals surface area contributed by atoms with Crippen molar-refractivity contribution in [2.75, 3.05) is 13.2 Å². The van der Waals surface area contributed by atoms with Gasteiger partial charge in [-0.05, 0) is 13.0 Å². The van der Waals surface area contributed by atoms with Crippen LogP contribution < -0.4 is 5.73 Å². The minimum Gasteiger partial charge on any atom is -0.373 e. The Morgan fingerprint density at radius 3 is 3.23 bits per heavy atom. The van der Waals surface area contributed by atoms with E-state index >= 15 is 0 Å². The van der Waals surface area contributed by atoms with Crippen molar-refractivity contribution in [3.05, 3.63) is 18.0 Å². The minimum atomic E-state index is 0.165. The molecule has 1 aliphatic heterocycles. The fourth-order valence-corrected chi connectivity index (χ4v) is 1.83. The predicted molar refractivity (Wildman–Crippen MR) is 49.1 cm³/mol. The van der Waals surface area contributed by atoms with Gasteiger partial charge in [0.15, 0.2) is 0 Å². The zero-order valence-electron chi connectivity index (χ0n) is 7.81. The van der Waals surface area contributed by atoms with Gasteiger partial charge in [-0.2, -0.15) is 5.10 Å². The fourth-order valence-electron chi connectivity index (χ4n) is 1.83. The van der Waals surface area contributed by atoms with E-state index in [9.17, 15) is 0 Å². The molecule has 2 heterocycles. The second-order valence-corrected chi connectivity index (χ2v) is 3.52. The largest absolute Gasteiger partial charge is 0.373 e. The van der Waals surface area contributed by atoms with E-state index in [0.717, 1.165) is 18.6 Å². The standard InChI is InChI=1S/C9H15N3O/c1-12-6-8(5-11-12)9-7(4-10)2-3-13-9/h5-7,9H,2-4,10H2,1H3/t7-,9-/m0/s1. The van der Waals surface area contributed by atoms with Gasteiger partial charge in [0.25, 0.3) is 0 Å². The SMILES string of the molecule is Cn1cc([C@H]2OCC[C@H]2CN)cn1. The first kappa shape index (κ1) is 8.72. The summed E-state index contributed by atoms with van der Waals surface area (Å²) in [5, 5.41) is 4.13. The van der Waals surface area contributed by atoms with Gasteiger partial charge in [-0.15, -0.1) is 0 Å². The first-order valence-electron chi connectivity index (χ1n) is 4.61. The van der Waals surface area contributed by atoms with Gasteiger partial charge in [0.1, 0.15) is 0 Å². The van der Waals surface area contributed by atoms with Gasteiger partial charge in [-0.25, -0.2) is 0 Å². The molecule has 2 N–H and O–H groups in total. The molecule has 0 amide bonds. The highest BCUT2D eigenvalue weighted by Gasteiger charge is 2.29. The highest BCUT2D eigenvalue weighted by molar-refractivity contribution is 5.11. The number of ether oxygens (including phenoxy) is 1. The summed E-state index contributed by atoms with van der Waals surface area (Å²) in [5.74, 6) is 0.462. The van der Waals surface area contributed by atoms with Crippen molar-refractivity contribution >= 4 is 0 Å². The molecule has 72 valence electrons. The van der Waals surface area contributed by atoms with E-state index in [1.54, 1.807) is 4.68 Å². The van der Waals surface area contributed by atoms with Crippen LogP contribution in [-0.2, 0) is 11.8 Å². The molecule has 0 saturated carbocycles. The lowest BCUT2D eigenvalue weighted by Gasteiger charge is -2.14. The van der Waals surface area contributed by atoms with Gasteiger partial charge in [-0.1, -0.05) is 0 Å². The Kier molecular flexibility index (Phi) is 2.33. The van der Waals surface area contributed by atoms with Gasteiger partial charge in [0, 0.05) is 31.3 Å². The summed E-state index contributed by atoms with van der Waals surface area (Å²) in [4.78, 5) is 0. The molecule has 2 atom stereocenters. The van der Waals surface area contributed by atoms with Crippen LogP contribution in [0.15, 0.2) is 12.4 Å². The number of nitrogens with two attached hydrogens (primary N) is 1. The summed E-state index contributed by atoms with van der Waals surface area (Å²) in [6, 6.07) is 0. The van der Waals surface area contributed by atoms with Crippen LogP contribution in [0.1, 0.15) is 18.1 Å². The van der Waals surface area contributed by atoms with Gasteiger partial charge in [0.2, 0.25) is 0 Å². The van der Waals surface area contributed by atoms with E-state index in [-0.39, 0.29) is 6.10 Å². The highest BCUT2D eigenvalue weighted by atomic mass is 16.5. The normalized spacial score (nSPS) is 28.2. The van der Waals surface area contributed by atoms with E-state index in [4.69, 9.17) is 10.5 Å². The van der Waals surface area contributed by atoms with E-state index in [2.05, 4.69) is 5.10 Å². The molecule has 4 nitrogen and oxygen atoms in total. The summed E-state index contributed by atoms with van der Waals surface area (Å²) < 4.78 is 7.42. The molecule has 1 aromatic rings. The molecule has 0 aromatic carbocycles. The third-order valence-electron chi connectivity index (χ3n) is 2.57. The molecule has 1 saturated heterocycles. The van der Waals surface area contributed by atoms with Crippen molar-refractivity contribution in [3.63, 3.8) is 0 Å². The Labute approximate surface area is 77.7 Å². The Morgan fingerprint density at radius 1 is 1.77 bits per heavy atom. The smallest absolute Gasteiger partial charge is 0.0896 e. The number of rotatable bonds is 2. The Bertz CT molecular complexity index is 284. The Morgan fingerprint density at radius 2 is 2.62 bits per heavy atom. The maximum Gasteiger partial charge on any atom is 0.0896 e. The number of nitrogens with zero attached hydrogens (tertiary/aromatic N) is 2. The maximum atomic E-state index is 5.66. The number of hydrogen-bond donors (Lipinski definition) is 1. The van der Waals surface area contributed by atoms with Gasteiger partial charge in [0.05, 0.1) is 12.3 Å². The molecule has 2 rings (SSSR count). The summed E-state index contributed by atoms with van der Waals surface area (Å²) in [7, 11) is 1.91. The molecular formula is C9H15N3O. The van der Waals surface area contributed by atoms with Gasteiger partial charge in [-0.3, -0.25) is 4.68 Å². The average Bonchev–Trinajstić information content (AvgIpc) is 2.71. The maximum absolute atomic E-state index is 5.66. The molecule has 1 aliphatic rings. The van der Waals surface area contributed by atoms with E-state index in [1.807, 2.05) is 19.4 Å². The molecule has 0 unspecified atom stereocenters. The van der Waals surface area contributed by atoms with Crippen LogP contribution in [0.5, 0.6) is 0 Å². The highest BCUT2D eigenvalue weighted by Crippen LogP contribution is 2.33. The number of aryl methyl sites for hydroxylation is 1. The molecule has 13 heavy (non-hydrogen) atoms. The second-order valence-electron chi connectivity index (χ2n) is 3.52. The third-order valence-corrected chi connectivity index (χ3v) is 2.57. The summed E-state index contributed by atoms with van der Waals surface area (Å²) >= 11 is 0. The van der Waals surface area contributed by atoms with Crippen LogP contribution in [0.4, 0.5) is 0 Å². The summed E-state index contributed by atoms with van der Waals surface area (Å²) in [5.41, 5.74) is 6.81. The zero-order chi connectivity index (χ0) is 9.26. The van der Waals surface area contributed by atoms with Crippen LogP contribution in [0.25, 0.3) is 0 Å². The minimum absolute atomic E-state index is 0.165. The zero-order valence-corrected chi connectivity index (χ0v) is 7.81. The lowest BCUT2D eigenvalue weighted by Crippen LogP contribution is -2.17. The van der Waals surface area contributed by atoms with Crippen LogP contribution in [-0.4, -0.2) is 22.9 Å². The van der Waals surface area contributed by atoms with Crippen molar-refractivity contribution in [3.8, 4) is 0 Å². The number of aromatic nitrogens is 2. The van der Waals surface area contributed by atoms with Crippen molar-refractivity contribution in [2.24, 2.45) is 18.7 Å². The lowest BCUT2D eigenvalue weighted by molar-refractivity contribution is 0.0924. The third kappa shape index (κ3) is 1.59. The van der Waals surface area contributed by atoms with Gasteiger partial charge >= 0.3 is 0 Å². The molecule has 0 bridgehead atoms. The fraction of sp³-hybridized carbons (Fsp3) is 0.667. The van der Waals surface area contributed by atoms with Crippen LogP contribution in [0, 0.1) is 5.92 Å². The number of hydrogen-bond acceptors (Lipinski definition) is 3. The molecule has 1 fully saturated rings. The average molecular weight is 181 g/mol. The van der Waals surface area contributed by atoms with Crippen LogP contribution >= 0.6 is 0 Å². The van der Waals surface area contributed by atoms with Crippen molar-refractivity contribution in [1.82, 2.24) is 9.78 Å². The van der Waals surface area contributed by atoms with E-state index in [1.165, 1.54) is 0 Å². The van der Waals surface area contributed by atoms with E-state index in [0.29, 0.717) is 12.5 Å². The first-order chi connectivity index (χ1) is 6.31. The molecule has 1 aromatic heterocycles. The molecule has 4 heteroatoms. The lowest BCUT2D eigenvalue weighted by atomic mass is 9.98. The predicted octanol–water partition coefficient (Wildman–Crippen LogP) is 0.456. The Hall–Kier alpha value is -0.870. The van der Waals surface area contributed by atoms with Crippen molar-refractivity contribution in [2.45, 2.75) is 12.5 Å². The van der Waals surface area contributed by atoms with Crippen molar-refractivity contribution in [1.29, 1.82) is 0 Å². The topological polar surface area (TPSA) is 53.1 Å². The molecule has 0 aliphatic carbocycles. The Balaban J connectivity index is 2.15. The van der Waals surface area contributed by atoms with Crippen LogP contribution in [0.2, 0.25) is 0 Å². The molecular weight excluding hydrogens is 166 g/mol. The van der Waals surface area contributed by atoms with E-state index < -0.39 is 0 Å². The summed E-state index contributed by atoms with van der Waals surface area (Å²) in [6.45, 7) is 1.51. The molecule has 0 radical (unpaired) electrons. The molecule has 0 spiro atoms. The quantitative estimate of drug-likeness (QED) is 0.721. The first-order valence-corrected chi connectivity index (χ1v) is 4.61. The second kappa shape index (κ2) is 3.47. The van der Waals surface area contributed by atoms with Crippen LogP contribution in [0.3, 0.4) is 0 Å². The van der Waals surface area contributed by atoms with Gasteiger partial charge < -0.3 is 10.5 Å². The monoisotopic (exact) mass is 181 g/mol. The summed E-state index contributed by atoms with van der Waals surface area (Å²) in [6.07, 6.45) is 5.09.